The van der Waals surface area contributed by atoms with Gasteiger partial charge in [-0.15, -0.1) is 0 Å². The minimum absolute atomic E-state index is 0.306. The summed E-state index contributed by atoms with van der Waals surface area (Å²) in [6.45, 7) is 4.77. The molecule has 0 unspecified atom stereocenters. The lowest BCUT2D eigenvalue weighted by atomic mass is 10.1. The molecule has 8 heteroatoms. The van der Waals surface area contributed by atoms with E-state index in [1.54, 1.807) is 24.4 Å². The smallest absolute Gasteiger partial charge is 0.268 e. The average Bonchev–Trinajstić information content (AvgIpc) is 3.21. The van der Waals surface area contributed by atoms with Gasteiger partial charge in [-0.1, -0.05) is 16.8 Å². The van der Waals surface area contributed by atoms with E-state index in [1.807, 2.05) is 18.5 Å². The van der Waals surface area contributed by atoms with Gasteiger partial charge in [0.25, 0.3) is 5.91 Å². The minimum atomic E-state index is -0.705. The van der Waals surface area contributed by atoms with Gasteiger partial charge in [-0.2, -0.15) is 5.10 Å². The molecule has 2 heterocycles. The largest absolute Gasteiger partial charge is 0.495 e. The number of ether oxygens (including phenoxy) is 1. The van der Waals surface area contributed by atoms with E-state index in [1.165, 1.54) is 7.11 Å². The van der Waals surface area contributed by atoms with Gasteiger partial charge in [0.15, 0.2) is 0 Å². The second kappa shape index (κ2) is 7.14. The third-order valence-corrected chi connectivity index (χ3v) is 4.33. The van der Waals surface area contributed by atoms with Gasteiger partial charge in [-0.3, -0.25) is 9.48 Å². The SMILES string of the molecule is CCn1ncc(C2=NO[C@@H](C(=O)Nc3cc(Cl)ccc3OC)C2)c1C. The van der Waals surface area contributed by atoms with Gasteiger partial charge in [-0.25, -0.2) is 0 Å². The molecule has 0 bridgehead atoms. The maximum Gasteiger partial charge on any atom is 0.268 e. The molecule has 1 aliphatic heterocycles. The van der Waals surface area contributed by atoms with Crippen molar-refractivity contribution < 1.29 is 14.4 Å². The van der Waals surface area contributed by atoms with Crippen molar-refractivity contribution in [3.8, 4) is 5.75 Å². The molecule has 1 atom stereocenters. The molecule has 2 aromatic rings. The number of halogens is 1. The molecule has 1 aliphatic rings. The summed E-state index contributed by atoms with van der Waals surface area (Å²) in [6.07, 6.45) is 1.43. The Labute approximate surface area is 150 Å². The number of nitrogens with zero attached hydrogens (tertiary/aromatic N) is 3. The number of amides is 1. The first-order valence-electron chi connectivity index (χ1n) is 7.93. The molecular formula is C17H19ClN4O3. The highest BCUT2D eigenvalue weighted by Gasteiger charge is 2.31. The Hall–Kier alpha value is -2.54. The van der Waals surface area contributed by atoms with Gasteiger partial charge < -0.3 is 14.9 Å². The summed E-state index contributed by atoms with van der Waals surface area (Å²) in [5.41, 5.74) is 3.11. The first-order chi connectivity index (χ1) is 12.0. The number of carbonyl (C=O) groups excluding carboxylic acids is 1. The zero-order valence-electron chi connectivity index (χ0n) is 14.2. The summed E-state index contributed by atoms with van der Waals surface area (Å²) in [6, 6.07) is 5.01. The zero-order valence-corrected chi connectivity index (χ0v) is 15.0. The van der Waals surface area contributed by atoms with Crippen molar-refractivity contribution in [2.45, 2.75) is 32.9 Å². The van der Waals surface area contributed by atoms with Gasteiger partial charge >= 0.3 is 0 Å². The Bertz CT molecular complexity index is 831. The van der Waals surface area contributed by atoms with E-state index in [9.17, 15) is 4.79 Å². The van der Waals surface area contributed by atoms with Crippen LogP contribution in [0.25, 0.3) is 0 Å². The van der Waals surface area contributed by atoms with Crippen LogP contribution in [0.2, 0.25) is 5.02 Å². The summed E-state index contributed by atoms with van der Waals surface area (Å²) in [7, 11) is 1.53. The molecule has 1 amide bonds. The lowest BCUT2D eigenvalue weighted by Crippen LogP contribution is -2.28. The van der Waals surface area contributed by atoms with Crippen LogP contribution in [0.5, 0.6) is 5.75 Å². The van der Waals surface area contributed by atoms with E-state index in [0.717, 1.165) is 23.5 Å². The molecule has 0 saturated heterocycles. The molecule has 7 nitrogen and oxygen atoms in total. The van der Waals surface area contributed by atoms with E-state index in [-0.39, 0.29) is 5.91 Å². The van der Waals surface area contributed by atoms with E-state index in [0.29, 0.717) is 22.9 Å². The van der Waals surface area contributed by atoms with Crippen molar-refractivity contribution in [1.82, 2.24) is 9.78 Å². The number of anilines is 1. The normalized spacial score (nSPS) is 16.3. The molecule has 1 aromatic carbocycles. The molecule has 1 N–H and O–H groups in total. The topological polar surface area (TPSA) is 77.7 Å². The van der Waals surface area contributed by atoms with Crippen LogP contribution >= 0.6 is 11.6 Å². The van der Waals surface area contributed by atoms with Crippen LogP contribution in [0, 0.1) is 6.92 Å². The maximum absolute atomic E-state index is 12.5. The van der Waals surface area contributed by atoms with Crippen molar-refractivity contribution >= 4 is 28.9 Å². The lowest BCUT2D eigenvalue weighted by Gasteiger charge is -2.12. The molecule has 132 valence electrons. The van der Waals surface area contributed by atoms with E-state index in [2.05, 4.69) is 15.6 Å². The van der Waals surface area contributed by atoms with Crippen molar-refractivity contribution in [2.75, 3.05) is 12.4 Å². The van der Waals surface area contributed by atoms with E-state index in [4.69, 9.17) is 21.2 Å². The lowest BCUT2D eigenvalue weighted by molar-refractivity contribution is -0.125. The third kappa shape index (κ3) is 3.46. The van der Waals surface area contributed by atoms with Crippen molar-refractivity contribution in [2.24, 2.45) is 5.16 Å². The Kier molecular flexibility index (Phi) is 4.94. The number of benzene rings is 1. The second-order valence-corrected chi connectivity index (χ2v) is 6.07. The molecule has 0 aliphatic carbocycles. The quantitative estimate of drug-likeness (QED) is 0.886. The first-order valence-corrected chi connectivity index (χ1v) is 8.31. The van der Waals surface area contributed by atoms with E-state index >= 15 is 0 Å². The Morgan fingerprint density at radius 1 is 1.52 bits per heavy atom. The van der Waals surface area contributed by atoms with Crippen molar-refractivity contribution in [3.05, 3.63) is 40.7 Å². The number of oxime groups is 1. The number of nitrogens with one attached hydrogen (secondary N) is 1. The van der Waals surface area contributed by atoms with Crippen LogP contribution in [0.1, 0.15) is 24.6 Å². The number of carbonyl (C=O) groups is 1. The Morgan fingerprint density at radius 2 is 2.32 bits per heavy atom. The van der Waals surface area contributed by atoms with Crippen LogP contribution in [0.4, 0.5) is 5.69 Å². The number of rotatable bonds is 5. The van der Waals surface area contributed by atoms with Crippen LogP contribution in [-0.4, -0.2) is 34.6 Å². The minimum Gasteiger partial charge on any atom is -0.495 e. The number of methoxy groups -OCH3 is 1. The van der Waals surface area contributed by atoms with Crippen LogP contribution in [0.3, 0.4) is 0 Å². The third-order valence-electron chi connectivity index (χ3n) is 4.09. The Morgan fingerprint density at radius 3 is 3.00 bits per heavy atom. The van der Waals surface area contributed by atoms with E-state index < -0.39 is 6.10 Å². The fourth-order valence-corrected chi connectivity index (χ4v) is 2.89. The highest BCUT2D eigenvalue weighted by molar-refractivity contribution is 6.31. The molecular weight excluding hydrogens is 344 g/mol. The first kappa shape index (κ1) is 17.3. The molecule has 0 fully saturated rings. The molecule has 0 saturated carbocycles. The predicted molar refractivity (Wildman–Crippen MR) is 95.3 cm³/mol. The van der Waals surface area contributed by atoms with Gasteiger partial charge in [-0.05, 0) is 32.0 Å². The molecule has 3 rings (SSSR count). The van der Waals surface area contributed by atoms with Crippen molar-refractivity contribution in [3.63, 3.8) is 0 Å². The molecule has 25 heavy (non-hydrogen) atoms. The second-order valence-electron chi connectivity index (χ2n) is 5.63. The fourth-order valence-electron chi connectivity index (χ4n) is 2.72. The predicted octanol–water partition coefficient (Wildman–Crippen LogP) is 3.01. The highest BCUT2D eigenvalue weighted by Crippen LogP contribution is 2.28. The maximum atomic E-state index is 12.5. The standard InChI is InChI=1S/C17H19ClN4O3/c1-4-22-10(2)12(9-19-22)13-8-16(25-21-13)17(23)20-14-7-11(18)5-6-15(14)24-3/h5-7,9,16H,4,8H2,1-3H3,(H,20,23)/t16-/m1/s1. The zero-order chi connectivity index (χ0) is 18.0. The summed E-state index contributed by atoms with van der Waals surface area (Å²) >= 11 is 5.98. The summed E-state index contributed by atoms with van der Waals surface area (Å²) in [5.74, 6) is 0.219. The average molecular weight is 363 g/mol. The number of hydrogen-bond acceptors (Lipinski definition) is 5. The van der Waals surface area contributed by atoms with Gasteiger partial charge in [0.2, 0.25) is 6.10 Å². The molecule has 1 aromatic heterocycles. The Balaban J connectivity index is 1.70. The van der Waals surface area contributed by atoms with Crippen LogP contribution in [0.15, 0.2) is 29.6 Å². The van der Waals surface area contributed by atoms with Crippen LogP contribution < -0.4 is 10.1 Å². The number of aryl methyl sites for hydroxylation is 1. The number of aromatic nitrogens is 2. The highest BCUT2D eigenvalue weighted by atomic mass is 35.5. The van der Waals surface area contributed by atoms with Gasteiger partial charge in [0.05, 0.1) is 24.7 Å². The molecule has 0 radical (unpaired) electrons. The summed E-state index contributed by atoms with van der Waals surface area (Å²) in [5, 5.41) is 11.6. The number of hydrogen-bond donors (Lipinski definition) is 1. The summed E-state index contributed by atoms with van der Waals surface area (Å²) < 4.78 is 7.11. The van der Waals surface area contributed by atoms with Crippen LogP contribution in [-0.2, 0) is 16.2 Å². The van der Waals surface area contributed by atoms with Gasteiger partial charge in [0, 0.05) is 29.2 Å². The molecule has 0 spiro atoms. The van der Waals surface area contributed by atoms with Gasteiger partial charge in [0.1, 0.15) is 5.75 Å². The van der Waals surface area contributed by atoms with Crippen molar-refractivity contribution in [1.29, 1.82) is 0 Å². The monoisotopic (exact) mass is 362 g/mol. The summed E-state index contributed by atoms with van der Waals surface area (Å²) in [4.78, 5) is 17.8. The fraction of sp³-hybridized carbons (Fsp3) is 0.353.